The van der Waals surface area contributed by atoms with Crippen LogP contribution in [-0.4, -0.2) is 15.8 Å². The quantitative estimate of drug-likeness (QED) is 0.686. The zero-order chi connectivity index (χ0) is 19.1. The molecule has 0 saturated heterocycles. The number of aliphatic hydroxyl groups is 1. The highest BCUT2D eigenvalue weighted by Crippen LogP contribution is 2.55. The van der Waals surface area contributed by atoms with Gasteiger partial charge in [0.05, 0.1) is 5.60 Å². The summed E-state index contributed by atoms with van der Waals surface area (Å²) in [5, 5.41) is 21.2. The molecule has 0 heterocycles. The first-order valence-corrected chi connectivity index (χ1v) is 10.3. The third kappa shape index (κ3) is 3.34. The van der Waals surface area contributed by atoms with Gasteiger partial charge in [0.1, 0.15) is 5.75 Å². The van der Waals surface area contributed by atoms with Crippen LogP contribution < -0.4 is 5.73 Å². The lowest BCUT2D eigenvalue weighted by molar-refractivity contribution is -0.0565. The van der Waals surface area contributed by atoms with E-state index in [1.807, 2.05) is 24.3 Å². The van der Waals surface area contributed by atoms with E-state index in [1.54, 1.807) is 0 Å². The summed E-state index contributed by atoms with van der Waals surface area (Å²) in [5.41, 5.74) is 10.3. The van der Waals surface area contributed by atoms with Crippen LogP contribution in [0.4, 0.5) is 5.69 Å². The number of nitrogen functional groups attached to an aromatic ring is 1. The Hall–Kier alpha value is -2.00. The van der Waals surface area contributed by atoms with Gasteiger partial charge in [-0.25, -0.2) is 0 Å². The highest BCUT2D eigenvalue weighted by molar-refractivity contribution is 5.46. The number of phenolic OH excluding ortho intramolecular Hbond substituents is 1. The first-order chi connectivity index (χ1) is 12.9. The molecule has 2 aliphatic rings. The van der Waals surface area contributed by atoms with E-state index in [1.165, 1.54) is 16.7 Å². The molecule has 2 aliphatic carbocycles. The number of anilines is 1. The maximum atomic E-state index is 11.2. The van der Waals surface area contributed by atoms with Gasteiger partial charge in [0.15, 0.2) is 0 Å². The molecule has 2 aromatic carbocycles. The molecule has 27 heavy (non-hydrogen) atoms. The lowest BCUT2D eigenvalue weighted by Gasteiger charge is -2.53. The standard InChI is InChI=1S/C24H31NO2/c1-2-10-23(27)11-12-24(15-17-4-3-5-20(25)13-17)19(16-23)7-6-18-14-21(26)8-9-22(18)24/h3-5,8-9,13-14,19,26-27H,2,6-7,10-12,15-16,25H2,1H3/t19-,23?,24-/m0/s1. The molecule has 0 aliphatic heterocycles. The fourth-order valence-corrected chi connectivity index (χ4v) is 5.84. The lowest BCUT2D eigenvalue weighted by Crippen LogP contribution is -2.51. The molecule has 0 spiro atoms. The van der Waals surface area contributed by atoms with Gasteiger partial charge in [0, 0.05) is 11.1 Å². The minimum absolute atomic E-state index is 0.0229. The Morgan fingerprint density at radius 2 is 2.00 bits per heavy atom. The normalized spacial score (nSPS) is 29.8. The molecule has 4 rings (SSSR count). The predicted molar refractivity (Wildman–Crippen MR) is 110 cm³/mol. The molecule has 3 atom stereocenters. The van der Waals surface area contributed by atoms with Gasteiger partial charge in [-0.05, 0) is 91.8 Å². The van der Waals surface area contributed by atoms with Gasteiger partial charge in [-0.2, -0.15) is 0 Å². The number of hydrogen-bond donors (Lipinski definition) is 3. The summed E-state index contributed by atoms with van der Waals surface area (Å²) in [6, 6.07) is 14.1. The van der Waals surface area contributed by atoms with E-state index in [9.17, 15) is 10.2 Å². The second-order valence-electron chi connectivity index (χ2n) is 8.83. The third-order valence-electron chi connectivity index (χ3n) is 7.02. The Balaban J connectivity index is 1.77. The average Bonchev–Trinajstić information content (AvgIpc) is 2.62. The maximum absolute atomic E-state index is 11.2. The Bertz CT molecular complexity index is 833. The highest BCUT2D eigenvalue weighted by atomic mass is 16.3. The number of aromatic hydroxyl groups is 1. The van der Waals surface area contributed by atoms with E-state index in [0.717, 1.165) is 57.1 Å². The van der Waals surface area contributed by atoms with Crippen LogP contribution in [0, 0.1) is 5.92 Å². The van der Waals surface area contributed by atoms with Crippen LogP contribution in [-0.2, 0) is 18.3 Å². The number of phenols is 1. The van der Waals surface area contributed by atoms with Crippen molar-refractivity contribution in [1.29, 1.82) is 0 Å². The van der Waals surface area contributed by atoms with Crippen LogP contribution in [0.25, 0.3) is 0 Å². The largest absolute Gasteiger partial charge is 0.508 e. The van der Waals surface area contributed by atoms with Gasteiger partial charge in [-0.1, -0.05) is 31.5 Å². The van der Waals surface area contributed by atoms with E-state index in [4.69, 9.17) is 5.73 Å². The van der Waals surface area contributed by atoms with E-state index in [2.05, 4.69) is 25.1 Å². The van der Waals surface area contributed by atoms with Crippen molar-refractivity contribution in [3.05, 3.63) is 59.2 Å². The Morgan fingerprint density at radius 3 is 2.78 bits per heavy atom. The molecule has 0 amide bonds. The molecule has 0 bridgehead atoms. The van der Waals surface area contributed by atoms with Crippen molar-refractivity contribution >= 4 is 5.69 Å². The first kappa shape index (κ1) is 18.4. The molecule has 3 heteroatoms. The predicted octanol–water partition coefficient (Wildman–Crippen LogP) is 4.73. The van der Waals surface area contributed by atoms with Crippen molar-refractivity contribution in [2.24, 2.45) is 5.92 Å². The van der Waals surface area contributed by atoms with E-state index in [0.29, 0.717) is 11.7 Å². The Kier molecular flexibility index (Phi) is 4.67. The third-order valence-corrected chi connectivity index (χ3v) is 7.02. The van der Waals surface area contributed by atoms with Crippen LogP contribution in [0.1, 0.15) is 62.1 Å². The molecule has 1 fully saturated rings. The minimum Gasteiger partial charge on any atom is -0.508 e. The summed E-state index contributed by atoms with van der Waals surface area (Å²) < 4.78 is 0. The van der Waals surface area contributed by atoms with Crippen LogP contribution in [0.15, 0.2) is 42.5 Å². The smallest absolute Gasteiger partial charge is 0.115 e. The van der Waals surface area contributed by atoms with Crippen LogP contribution >= 0.6 is 0 Å². The highest BCUT2D eigenvalue weighted by Gasteiger charge is 2.51. The molecule has 0 aromatic heterocycles. The molecular weight excluding hydrogens is 334 g/mol. The SMILES string of the molecule is CCCC1(O)CC[C@@]2(Cc3cccc(N)c3)c3ccc(O)cc3CC[C@H]2C1. The van der Waals surface area contributed by atoms with Gasteiger partial charge in [0.25, 0.3) is 0 Å². The van der Waals surface area contributed by atoms with E-state index < -0.39 is 5.60 Å². The zero-order valence-electron chi connectivity index (χ0n) is 16.2. The topological polar surface area (TPSA) is 66.5 Å². The summed E-state index contributed by atoms with van der Waals surface area (Å²) >= 11 is 0. The van der Waals surface area contributed by atoms with Crippen molar-refractivity contribution in [2.75, 3.05) is 5.73 Å². The van der Waals surface area contributed by atoms with Crippen molar-refractivity contribution in [3.8, 4) is 5.75 Å². The monoisotopic (exact) mass is 365 g/mol. The Labute approximate surface area is 162 Å². The second-order valence-corrected chi connectivity index (χ2v) is 8.83. The van der Waals surface area contributed by atoms with Crippen LogP contribution in [0.5, 0.6) is 5.75 Å². The van der Waals surface area contributed by atoms with Crippen LogP contribution in [0.2, 0.25) is 0 Å². The molecule has 1 unspecified atom stereocenters. The number of aryl methyl sites for hydroxylation is 1. The van der Waals surface area contributed by atoms with Crippen molar-refractivity contribution in [3.63, 3.8) is 0 Å². The van der Waals surface area contributed by atoms with Crippen molar-refractivity contribution in [2.45, 2.75) is 69.3 Å². The van der Waals surface area contributed by atoms with Gasteiger partial charge in [0.2, 0.25) is 0 Å². The number of benzene rings is 2. The summed E-state index contributed by atoms with van der Waals surface area (Å²) in [5.74, 6) is 0.811. The molecule has 3 nitrogen and oxygen atoms in total. The Morgan fingerprint density at radius 1 is 1.15 bits per heavy atom. The zero-order valence-corrected chi connectivity index (χ0v) is 16.2. The minimum atomic E-state index is -0.521. The van der Waals surface area contributed by atoms with Gasteiger partial charge in [-0.3, -0.25) is 0 Å². The van der Waals surface area contributed by atoms with Crippen LogP contribution in [0.3, 0.4) is 0 Å². The first-order valence-electron chi connectivity index (χ1n) is 10.3. The fraction of sp³-hybridized carbons (Fsp3) is 0.500. The second kappa shape index (κ2) is 6.87. The number of nitrogens with two attached hydrogens (primary N) is 1. The molecular formula is C24H31NO2. The molecule has 2 aromatic rings. The van der Waals surface area contributed by atoms with Gasteiger partial charge >= 0.3 is 0 Å². The number of fused-ring (bicyclic) bond motifs is 3. The van der Waals surface area contributed by atoms with Gasteiger partial charge < -0.3 is 15.9 Å². The summed E-state index contributed by atoms with van der Waals surface area (Å²) in [7, 11) is 0. The molecule has 144 valence electrons. The van der Waals surface area contributed by atoms with E-state index in [-0.39, 0.29) is 5.41 Å². The van der Waals surface area contributed by atoms with Gasteiger partial charge in [-0.15, -0.1) is 0 Å². The number of rotatable bonds is 4. The van der Waals surface area contributed by atoms with E-state index >= 15 is 0 Å². The summed E-state index contributed by atoms with van der Waals surface area (Å²) in [6.07, 6.45) is 7.63. The fourth-order valence-electron chi connectivity index (χ4n) is 5.84. The number of hydrogen-bond acceptors (Lipinski definition) is 3. The maximum Gasteiger partial charge on any atom is 0.115 e. The molecule has 0 radical (unpaired) electrons. The van der Waals surface area contributed by atoms with Crippen molar-refractivity contribution < 1.29 is 10.2 Å². The average molecular weight is 366 g/mol. The lowest BCUT2D eigenvalue weighted by atomic mass is 9.52. The van der Waals surface area contributed by atoms with Crippen molar-refractivity contribution in [1.82, 2.24) is 0 Å². The molecule has 4 N–H and O–H groups in total. The summed E-state index contributed by atoms with van der Waals surface area (Å²) in [6.45, 7) is 2.16. The summed E-state index contributed by atoms with van der Waals surface area (Å²) in [4.78, 5) is 0. The molecule has 1 saturated carbocycles.